The van der Waals surface area contributed by atoms with Gasteiger partial charge in [0.25, 0.3) is 5.91 Å². The van der Waals surface area contributed by atoms with Crippen molar-refractivity contribution in [3.05, 3.63) is 81.5 Å². The summed E-state index contributed by atoms with van der Waals surface area (Å²) >= 11 is 0. The second-order valence-electron chi connectivity index (χ2n) is 7.97. The van der Waals surface area contributed by atoms with Crippen LogP contribution in [0, 0.1) is 6.92 Å². The van der Waals surface area contributed by atoms with Crippen molar-refractivity contribution in [1.29, 1.82) is 0 Å². The molecule has 2 aromatic carbocycles. The minimum absolute atomic E-state index is 0.0142. The Kier molecular flexibility index (Phi) is 5.16. The molecule has 1 amide bonds. The van der Waals surface area contributed by atoms with Crippen molar-refractivity contribution < 1.29 is 9.90 Å². The lowest BCUT2D eigenvalue weighted by Gasteiger charge is -2.34. The van der Waals surface area contributed by atoms with Gasteiger partial charge in [-0.25, -0.2) is 0 Å². The van der Waals surface area contributed by atoms with Gasteiger partial charge in [0, 0.05) is 25.6 Å². The molecule has 0 radical (unpaired) electrons. The number of carbonyl (C=O) groups excluding carboxylic acids is 1. The second kappa shape index (κ2) is 7.78. The molecule has 2 heterocycles. The van der Waals surface area contributed by atoms with Gasteiger partial charge in [0.15, 0.2) is 5.69 Å². The smallest absolute Gasteiger partial charge is 0.315 e. The Morgan fingerprint density at radius 2 is 1.73 bits per heavy atom. The first kappa shape index (κ1) is 19.9. The molecule has 0 saturated carbocycles. The lowest BCUT2D eigenvalue weighted by molar-refractivity contribution is 0.0638. The zero-order valence-electron chi connectivity index (χ0n) is 17.4. The molecule has 4 rings (SSSR count). The second-order valence-corrected chi connectivity index (χ2v) is 7.97. The summed E-state index contributed by atoms with van der Waals surface area (Å²) in [5, 5.41) is 10.3. The van der Waals surface area contributed by atoms with Crippen molar-refractivity contribution in [2.75, 3.05) is 6.54 Å². The Balaban J connectivity index is 1.80. The van der Waals surface area contributed by atoms with E-state index in [9.17, 15) is 14.7 Å². The van der Waals surface area contributed by atoms with Crippen LogP contribution < -0.4 is 5.56 Å². The van der Waals surface area contributed by atoms with Gasteiger partial charge in [-0.1, -0.05) is 54.1 Å². The molecular formula is C24H25N3O3. The number of nitrogens with zero attached hydrogens (tertiary/aromatic N) is 3. The molecular weight excluding hydrogens is 378 g/mol. The number of fused-ring (bicyclic) bond motifs is 1. The normalized spacial score (nSPS) is 13.6. The van der Waals surface area contributed by atoms with E-state index >= 15 is 0 Å². The van der Waals surface area contributed by atoms with E-state index in [4.69, 9.17) is 0 Å². The molecule has 1 aliphatic rings. The summed E-state index contributed by atoms with van der Waals surface area (Å²) in [5.74, 6) is -0.411. The van der Waals surface area contributed by atoms with Gasteiger partial charge in [0.05, 0.1) is 0 Å². The average Bonchev–Trinajstić information content (AvgIpc) is 2.72. The van der Waals surface area contributed by atoms with E-state index < -0.39 is 11.3 Å². The number of aromatic hydroxyl groups is 1. The maximum atomic E-state index is 12.9. The highest BCUT2D eigenvalue weighted by atomic mass is 16.3. The van der Waals surface area contributed by atoms with Crippen LogP contribution in [0.15, 0.2) is 53.3 Å². The number of benzene rings is 2. The summed E-state index contributed by atoms with van der Waals surface area (Å²) < 4.78 is 1.70. The Labute approximate surface area is 175 Å². The number of hydrogen-bond acceptors (Lipinski definition) is 4. The van der Waals surface area contributed by atoms with E-state index in [1.165, 1.54) is 5.56 Å². The molecule has 0 fully saturated rings. The maximum absolute atomic E-state index is 12.9. The number of aryl methyl sites for hydroxylation is 1. The van der Waals surface area contributed by atoms with Crippen LogP contribution in [0.25, 0.3) is 11.1 Å². The maximum Gasteiger partial charge on any atom is 0.315 e. The molecule has 0 spiro atoms. The third-order valence-corrected chi connectivity index (χ3v) is 5.62. The van der Waals surface area contributed by atoms with Crippen LogP contribution in [0.5, 0.6) is 5.75 Å². The number of amides is 1. The van der Waals surface area contributed by atoms with Crippen molar-refractivity contribution in [2.24, 2.45) is 0 Å². The van der Waals surface area contributed by atoms with Gasteiger partial charge in [0.1, 0.15) is 5.82 Å². The van der Waals surface area contributed by atoms with E-state index in [-0.39, 0.29) is 17.6 Å². The molecule has 154 valence electrons. The van der Waals surface area contributed by atoms with Gasteiger partial charge in [0.2, 0.25) is 5.75 Å². The summed E-state index contributed by atoms with van der Waals surface area (Å²) in [6.45, 7) is 6.89. The fourth-order valence-corrected chi connectivity index (χ4v) is 3.98. The minimum atomic E-state index is -0.761. The van der Waals surface area contributed by atoms with Crippen molar-refractivity contribution >= 4 is 5.91 Å². The third kappa shape index (κ3) is 3.49. The molecule has 6 nitrogen and oxygen atoms in total. The molecule has 0 aliphatic carbocycles. The minimum Gasteiger partial charge on any atom is -0.501 e. The number of hydrogen-bond donors (Lipinski definition) is 1. The predicted molar refractivity (Wildman–Crippen MR) is 116 cm³/mol. The fraction of sp³-hybridized carbons (Fsp3) is 0.292. The van der Waals surface area contributed by atoms with Crippen LogP contribution in [0.2, 0.25) is 0 Å². The highest BCUT2D eigenvalue weighted by molar-refractivity contribution is 5.95. The van der Waals surface area contributed by atoms with E-state index in [2.05, 4.69) is 29.2 Å². The van der Waals surface area contributed by atoms with Crippen LogP contribution >= 0.6 is 0 Å². The van der Waals surface area contributed by atoms with Gasteiger partial charge < -0.3 is 14.6 Å². The first-order valence-electron chi connectivity index (χ1n) is 10.2. The average molecular weight is 403 g/mol. The quantitative estimate of drug-likeness (QED) is 0.725. The van der Waals surface area contributed by atoms with Crippen molar-refractivity contribution in [2.45, 2.75) is 39.8 Å². The van der Waals surface area contributed by atoms with Crippen LogP contribution in [-0.2, 0) is 13.0 Å². The molecule has 0 bridgehead atoms. The standard InChI is InChI=1S/C24H25N3O3/c1-15(2)26-12-13-27-20(25-23(29)22(28)21(27)24(26)30)14-18-6-4-5-7-19(18)17-10-8-16(3)9-11-17/h4-11,15,28H,12-14H2,1-3H3. The van der Waals surface area contributed by atoms with E-state index in [0.717, 1.165) is 16.7 Å². The molecule has 0 saturated heterocycles. The predicted octanol–water partition coefficient (Wildman–Crippen LogP) is 3.38. The summed E-state index contributed by atoms with van der Waals surface area (Å²) in [5.41, 5.74) is 3.61. The lowest BCUT2D eigenvalue weighted by atomic mass is 9.96. The topological polar surface area (TPSA) is 75.4 Å². The molecule has 3 aromatic rings. The highest BCUT2D eigenvalue weighted by Gasteiger charge is 2.32. The number of aromatic nitrogens is 2. The summed E-state index contributed by atoms with van der Waals surface area (Å²) in [6, 6.07) is 16.2. The Bertz CT molecular complexity index is 1160. The lowest BCUT2D eigenvalue weighted by Crippen LogP contribution is -2.46. The molecule has 6 heteroatoms. The highest BCUT2D eigenvalue weighted by Crippen LogP contribution is 2.27. The first-order valence-corrected chi connectivity index (χ1v) is 10.2. The Morgan fingerprint density at radius 3 is 2.43 bits per heavy atom. The van der Waals surface area contributed by atoms with E-state index in [1.807, 2.05) is 45.0 Å². The van der Waals surface area contributed by atoms with E-state index in [0.29, 0.717) is 25.3 Å². The number of rotatable bonds is 4. The van der Waals surface area contributed by atoms with Gasteiger partial charge in [-0.15, -0.1) is 0 Å². The zero-order chi connectivity index (χ0) is 21.4. The van der Waals surface area contributed by atoms with Gasteiger partial charge in [-0.2, -0.15) is 4.98 Å². The first-order chi connectivity index (χ1) is 14.4. The molecule has 0 unspecified atom stereocenters. The Morgan fingerprint density at radius 1 is 1.03 bits per heavy atom. The van der Waals surface area contributed by atoms with Gasteiger partial charge in [-0.05, 0) is 37.5 Å². The molecule has 30 heavy (non-hydrogen) atoms. The van der Waals surface area contributed by atoms with Crippen LogP contribution in [-0.4, -0.2) is 38.1 Å². The van der Waals surface area contributed by atoms with Crippen molar-refractivity contribution in [3.8, 4) is 16.9 Å². The van der Waals surface area contributed by atoms with Crippen molar-refractivity contribution in [3.63, 3.8) is 0 Å². The van der Waals surface area contributed by atoms with E-state index in [1.54, 1.807) is 9.47 Å². The van der Waals surface area contributed by atoms with Crippen LogP contribution in [0.4, 0.5) is 0 Å². The van der Waals surface area contributed by atoms with Gasteiger partial charge in [-0.3, -0.25) is 9.59 Å². The zero-order valence-corrected chi connectivity index (χ0v) is 17.4. The monoisotopic (exact) mass is 403 g/mol. The summed E-state index contributed by atoms with van der Waals surface area (Å²) in [6.07, 6.45) is 0.390. The SMILES string of the molecule is Cc1ccc(-c2ccccc2Cc2nc(=O)c(O)c3n2CCN(C(C)C)C3=O)cc1. The molecule has 1 N–H and O–H groups in total. The molecule has 1 aromatic heterocycles. The Hall–Kier alpha value is -3.41. The molecule has 0 atom stereocenters. The molecule has 1 aliphatic heterocycles. The third-order valence-electron chi connectivity index (χ3n) is 5.62. The summed E-state index contributed by atoms with van der Waals surface area (Å²) in [4.78, 5) is 31.1. The summed E-state index contributed by atoms with van der Waals surface area (Å²) in [7, 11) is 0. The largest absolute Gasteiger partial charge is 0.501 e. The van der Waals surface area contributed by atoms with Crippen LogP contribution in [0.1, 0.15) is 41.3 Å². The van der Waals surface area contributed by atoms with Crippen LogP contribution in [0.3, 0.4) is 0 Å². The van der Waals surface area contributed by atoms with Gasteiger partial charge >= 0.3 is 5.56 Å². The number of carbonyl (C=O) groups is 1. The van der Waals surface area contributed by atoms with Crippen molar-refractivity contribution in [1.82, 2.24) is 14.5 Å². The fourth-order valence-electron chi connectivity index (χ4n) is 3.98.